The van der Waals surface area contributed by atoms with E-state index in [2.05, 4.69) is 5.16 Å². The zero-order chi connectivity index (χ0) is 14.7. The minimum absolute atomic E-state index is 0.0346. The smallest absolute Gasteiger partial charge is 0.449 e. The number of carboxylic acid groups (broad SMARTS) is 1. The Bertz CT molecular complexity index is 628. The van der Waals surface area contributed by atoms with Crippen molar-refractivity contribution in [3.8, 4) is 0 Å². The van der Waals surface area contributed by atoms with Crippen LogP contribution in [-0.2, 0) is 15.0 Å². The molecule has 3 rings (SSSR count). The standard InChI is InChI=1S/C16H13NO4/c18-15(19)21-14-16(11-20-17-14,12-7-3-1-4-8-12)13-9-5-2-6-10-13/h1-10H,11H2,(H,18,19). The molecule has 106 valence electrons. The Morgan fingerprint density at radius 2 is 1.57 bits per heavy atom. The van der Waals surface area contributed by atoms with Crippen LogP contribution in [0.5, 0.6) is 0 Å². The summed E-state index contributed by atoms with van der Waals surface area (Å²) in [6.45, 7) is 0.198. The Labute approximate surface area is 121 Å². The van der Waals surface area contributed by atoms with Gasteiger partial charge in [0.1, 0.15) is 12.0 Å². The Hall–Kier alpha value is -2.82. The molecule has 0 atom stereocenters. The molecule has 5 nitrogen and oxygen atoms in total. The molecule has 0 aromatic heterocycles. The molecule has 0 aliphatic carbocycles. The summed E-state index contributed by atoms with van der Waals surface area (Å²) < 4.78 is 4.88. The maximum absolute atomic E-state index is 10.9. The minimum Gasteiger partial charge on any atom is -0.449 e. The van der Waals surface area contributed by atoms with Crippen molar-refractivity contribution in [3.63, 3.8) is 0 Å². The number of hydrogen-bond acceptors (Lipinski definition) is 4. The van der Waals surface area contributed by atoms with E-state index in [9.17, 15) is 4.79 Å². The fourth-order valence-corrected chi connectivity index (χ4v) is 2.54. The number of ether oxygens (including phenoxy) is 1. The lowest BCUT2D eigenvalue weighted by molar-refractivity contribution is 0.137. The van der Waals surface area contributed by atoms with Crippen molar-refractivity contribution < 1.29 is 19.5 Å². The highest BCUT2D eigenvalue weighted by Crippen LogP contribution is 2.38. The van der Waals surface area contributed by atoms with Crippen LogP contribution < -0.4 is 0 Å². The highest BCUT2D eigenvalue weighted by molar-refractivity contribution is 5.97. The van der Waals surface area contributed by atoms with E-state index < -0.39 is 11.6 Å². The van der Waals surface area contributed by atoms with Gasteiger partial charge in [0, 0.05) is 0 Å². The van der Waals surface area contributed by atoms with Crippen molar-refractivity contribution in [1.29, 1.82) is 0 Å². The molecule has 0 saturated carbocycles. The summed E-state index contributed by atoms with van der Waals surface area (Å²) in [5, 5.41) is 12.7. The summed E-state index contributed by atoms with van der Waals surface area (Å²) in [5.74, 6) is 0.0346. The first kappa shape index (κ1) is 13.2. The van der Waals surface area contributed by atoms with E-state index in [0.29, 0.717) is 0 Å². The van der Waals surface area contributed by atoms with Crippen LogP contribution in [0.2, 0.25) is 0 Å². The van der Waals surface area contributed by atoms with E-state index in [1.807, 2.05) is 60.7 Å². The van der Waals surface area contributed by atoms with Crippen LogP contribution in [-0.4, -0.2) is 23.8 Å². The molecule has 0 amide bonds. The van der Waals surface area contributed by atoms with E-state index in [1.165, 1.54) is 0 Å². The summed E-state index contributed by atoms with van der Waals surface area (Å²) in [6.07, 6.45) is -1.41. The van der Waals surface area contributed by atoms with Crippen LogP contribution in [0.4, 0.5) is 4.79 Å². The van der Waals surface area contributed by atoms with Crippen molar-refractivity contribution in [1.82, 2.24) is 0 Å². The average Bonchev–Trinajstić information content (AvgIpc) is 2.93. The molecule has 1 N–H and O–H groups in total. The number of carbonyl (C=O) groups is 1. The SMILES string of the molecule is O=C(O)OC1=NOCC1(c1ccccc1)c1ccccc1. The average molecular weight is 283 g/mol. The van der Waals surface area contributed by atoms with Gasteiger partial charge in [0.25, 0.3) is 5.90 Å². The fraction of sp³-hybridized carbons (Fsp3) is 0.125. The van der Waals surface area contributed by atoms with Gasteiger partial charge in [-0.05, 0) is 16.3 Å². The van der Waals surface area contributed by atoms with Crippen LogP contribution in [0.3, 0.4) is 0 Å². The predicted molar refractivity (Wildman–Crippen MR) is 76.2 cm³/mol. The van der Waals surface area contributed by atoms with Gasteiger partial charge in [0.15, 0.2) is 0 Å². The lowest BCUT2D eigenvalue weighted by atomic mass is 9.75. The first-order chi connectivity index (χ1) is 10.2. The minimum atomic E-state index is -1.41. The van der Waals surface area contributed by atoms with Crippen molar-refractivity contribution in [2.24, 2.45) is 5.16 Å². The van der Waals surface area contributed by atoms with Crippen molar-refractivity contribution in [3.05, 3.63) is 71.8 Å². The Morgan fingerprint density at radius 1 is 1.05 bits per heavy atom. The molecule has 0 unspecified atom stereocenters. The summed E-state index contributed by atoms with van der Waals surface area (Å²) >= 11 is 0. The number of rotatable bonds is 2. The summed E-state index contributed by atoms with van der Waals surface area (Å²) in [7, 11) is 0. The van der Waals surface area contributed by atoms with E-state index in [-0.39, 0.29) is 12.5 Å². The molecule has 0 fully saturated rings. The molecule has 0 radical (unpaired) electrons. The highest BCUT2D eigenvalue weighted by Gasteiger charge is 2.47. The van der Waals surface area contributed by atoms with Gasteiger partial charge >= 0.3 is 6.16 Å². The second kappa shape index (κ2) is 5.28. The van der Waals surface area contributed by atoms with Gasteiger partial charge in [-0.1, -0.05) is 60.7 Å². The third-order valence-electron chi connectivity index (χ3n) is 3.51. The monoisotopic (exact) mass is 283 g/mol. The molecule has 5 heteroatoms. The quantitative estimate of drug-likeness (QED) is 0.860. The molecule has 21 heavy (non-hydrogen) atoms. The topological polar surface area (TPSA) is 68.1 Å². The first-order valence-electron chi connectivity index (χ1n) is 6.46. The van der Waals surface area contributed by atoms with Crippen LogP contribution in [0.15, 0.2) is 65.8 Å². The van der Waals surface area contributed by atoms with E-state index in [1.54, 1.807) is 0 Å². The zero-order valence-corrected chi connectivity index (χ0v) is 11.1. The van der Waals surface area contributed by atoms with Gasteiger partial charge in [-0.2, -0.15) is 0 Å². The molecular formula is C16H13NO4. The van der Waals surface area contributed by atoms with E-state index >= 15 is 0 Å². The molecule has 0 saturated heterocycles. The Morgan fingerprint density at radius 3 is 2.05 bits per heavy atom. The lowest BCUT2D eigenvalue weighted by Crippen LogP contribution is -2.39. The van der Waals surface area contributed by atoms with Crippen molar-refractivity contribution >= 4 is 12.1 Å². The third-order valence-corrected chi connectivity index (χ3v) is 3.51. The van der Waals surface area contributed by atoms with Crippen LogP contribution in [0.25, 0.3) is 0 Å². The zero-order valence-electron chi connectivity index (χ0n) is 11.1. The van der Waals surface area contributed by atoms with Crippen LogP contribution in [0, 0.1) is 0 Å². The summed E-state index contributed by atoms with van der Waals surface area (Å²) in [4.78, 5) is 16.1. The van der Waals surface area contributed by atoms with Gasteiger partial charge in [0.05, 0.1) is 0 Å². The van der Waals surface area contributed by atoms with E-state index in [0.717, 1.165) is 11.1 Å². The van der Waals surface area contributed by atoms with Crippen molar-refractivity contribution in [2.75, 3.05) is 6.61 Å². The maximum Gasteiger partial charge on any atom is 0.512 e. The number of hydrogen-bond donors (Lipinski definition) is 1. The van der Waals surface area contributed by atoms with E-state index in [4.69, 9.17) is 14.7 Å². The predicted octanol–water partition coefficient (Wildman–Crippen LogP) is 3.01. The van der Waals surface area contributed by atoms with Crippen LogP contribution >= 0.6 is 0 Å². The van der Waals surface area contributed by atoms with Gasteiger partial charge in [-0.15, -0.1) is 0 Å². The molecule has 1 aliphatic heterocycles. The molecule has 0 spiro atoms. The highest BCUT2D eigenvalue weighted by atomic mass is 16.7. The van der Waals surface area contributed by atoms with Gasteiger partial charge in [-0.3, -0.25) is 0 Å². The number of oxime groups is 1. The first-order valence-corrected chi connectivity index (χ1v) is 6.46. The lowest BCUT2D eigenvalue weighted by Gasteiger charge is -2.27. The molecule has 1 heterocycles. The molecule has 2 aromatic carbocycles. The van der Waals surface area contributed by atoms with Gasteiger partial charge in [-0.25, -0.2) is 4.79 Å². The van der Waals surface area contributed by atoms with Gasteiger partial charge in [0.2, 0.25) is 0 Å². The summed E-state index contributed by atoms with van der Waals surface area (Å²) in [5.41, 5.74) is 0.892. The Balaban J connectivity index is 2.17. The normalized spacial score (nSPS) is 15.9. The third kappa shape index (κ3) is 2.23. The second-order valence-corrected chi connectivity index (χ2v) is 4.68. The fourth-order valence-electron chi connectivity index (χ4n) is 2.54. The molecule has 0 bridgehead atoms. The summed E-state index contributed by atoms with van der Waals surface area (Å²) in [6, 6.07) is 19.0. The second-order valence-electron chi connectivity index (χ2n) is 4.68. The Kier molecular flexibility index (Phi) is 3.31. The molecule has 2 aromatic rings. The van der Waals surface area contributed by atoms with Crippen LogP contribution in [0.1, 0.15) is 11.1 Å². The number of benzene rings is 2. The van der Waals surface area contributed by atoms with Gasteiger partial charge < -0.3 is 14.7 Å². The maximum atomic E-state index is 10.9. The van der Waals surface area contributed by atoms with Crippen molar-refractivity contribution in [2.45, 2.75) is 5.41 Å². The molecule has 1 aliphatic rings. The number of nitrogens with zero attached hydrogens (tertiary/aromatic N) is 1. The largest absolute Gasteiger partial charge is 0.512 e. The molecular weight excluding hydrogens is 270 g/mol.